The number of hydrogen-bond acceptors (Lipinski definition) is 6. The number of nitrogens with zero attached hydrogens (tertiary/aromatic N) is 2. The number of ketones is 1. The van der Waals surface area contributed by atoms with Crippen LogP contribution in [0.4, 0.5) is 20.2 Å². The predicted octanol–water partition coefficient (Wildman–Crippen LogP) is 5.10. The van der Waals surface area contributed by atoms with Gasteiger partial charge in [0.15, 0.2) is 17.4 Å². The first-order valence-electron chi connectivity index (χ1n) is 11.6. The Morgan fingerprint density at radius 1 is 1.00 bits per heavy atom. The minimum atomic E-state index is -1.02. The van der Waals surface area contributed by atoms with Crippen molar-refractivity contribution in [2.45, 2.75) is 18.9 Å². The van der Waals surface area contributed by atoms with Gasteiger partial charge >= 0.3 is 0 Å². The molecule has 194 valence electrons. The zero-order valence-corrected chi connectivity index (χ0v) is 20.1. The number of rotatable bonds is 10. The standard InChI is InChI=1S/C28H23F2N3O5/c29-23-10-8-18(13-24(23)30)16-32-12-4-7-22(28(32)35)27(34)14-20(19-5-2-1-3-6-19)17-38-21-9-11-26(33(36)37)25(31)15-21/h1-13,15,20H,14,16-17,31H2/t20-/m0/s1. The van der Waals surface area contributed by atoms with Crippen LogP contribution < -0.4 is 16.0 Å². The molecule has 0 aliphatic heterocycles. The maximum atomic E-state index is 13.6. The van der Waals surface area contributed by atoms with Gasteiger partial charge in [-0.25, -0.2) is 8.78 Å². The predicted molar refractivity (Wildman–Crippen MR) is 137 cm³/mol. The van der Waals surface area contributed by atoms with Crippen LogP contribution in [-0.4, -0.2) is 21.9 Å². The molecule has 8 nitrogen and oxygen atoms in total. The summed E-state index contributed by atoms with van der Waals surface area (Å²) in [5, 5.41) is 11.0. The van der Waals surface area contributed by atoms with Gasteiger partial charge in [0.25, 0.3) is 11.2 Å². The van der Waals surface area contributed by atoms with E-state index in [4.69, 9.17) is 10.5 Å². The van der Waals surface area contributed by atoms with E-state index in [1.54, 1.807) is 6.07 Å². The van der Waals surface area contributed by atoms with Crippen molar-refractivity contribution < 1.29 is 23.2 Å². The molecule has 10 heteroatoms. The summed E-state index contributed by atoms with van der Waals surface area (Å²) in [5.74, 6) is -2.58. The highest BCUT2D eigenvalue weighted by Crippen LogP contribution is 2.28. The Kier molecular flexibility index (Phi) is 7.91. The average molecular weight is 520 g/mol. The van der Waals surface area contributed by atoms with Gasteiger partial charge in [-0.05, 0) is 41.5 Å². The number of aromatic nitrogens is 1. The average Bonchev–Trinajstić information content (AvgIpc) is 2.90. The van der Waals surface area contributed by atoms with Gasteiger partial charge in [0.2, 0.25) is 0 Å². The molecule has 4 aromatic rings. The van der Waals surface area contributed by atoms with E-state index < -0.39 is 33.8 Å². The molecule has 0 radical (unpaired) electrons. The van der Waals surface area contributed by atoms with E-state index in [-0.39, 0.29) is 36.5 Å². The molecule has 0 unspecified atom stereocenters. The third-order valence-corrected chi connectivity index (χ3v) is 6.01. The summed E-state index contributed by atoms with van der Waals surface area (Å²) in [7, 11) is 0. The fraction of sp³-hybridized carbons (Fsp3) is 0.143. The number of Topliss-reactive ketones (excluding diaryl/α,β-unsaturated/α-hetero) is 1. The first-order valence-corrected chi connectivity index (χ1v) is 11.6. The lowest BCUT2D eigenvalue weighted by Gasteiger charge is -2.18. The quantitative estimate of drug-likeness (QED) is 0.135. The Labute approximate surface area is 216 Å². The molecule has 0 saturated heterocycles. The number of carbonyl (C=O) groups excluding carboxylic acids is 1. The third kappa shape index (κ3) is 6.09. The summed E-state index contributed by atoms with van der Waals surface area (Å²) in [6.07, 6.45) is 1.41. The van der Waals surface area contributed by atoms with Crippen molar-refractivity contribution in [2.24, 2.45) is 0 Å². The fourth-order valence-corrected chi connectivity index (χ4v) is 4.03. The highest BCUT2D eigenvalue weighted by atomic mass is 19.2. The second kappa shape index (κ2) is 11.5. The van der Waals surface area contributed by atoms with Crippen molar-refractivity contribution in [3.63, 3.8) is 0 Å². The topological polar surface area (TPSA) is 117 Å². The monoisotopic (exact) mass is 519 g/mol. The van der Waals surface area contributed by atoms with E-state index in [0.29, 0.717) is 11.3 Å². The fourth-order valence-electron chi connectivity index (χ4n) is 4.03. The van der Waals surface area contributed by atoms with Crippen molar-refractivity contribution in [2.75, 3.05) is 12.3 Å². The summed E-state index contributed by atoms with van der Waals surface area (Å²) < 4.78 is 33.9. The lowest BCUT2D eigenvalue weighted by Crippen LogP contribution is -2.27. The lowest BCUT2D eigenvalue weighted by atomic mass is 9.92. The van der Waals surface area contributed by atoms with E-state index in [1.165, 1.54) is 41.1 Å². The van der Waals surface area contributed by atoms with Crippen LogP contribution in [0.25, 0.3) is 0 Å². The minimum Gasteiger partial charge on any atom is -0.493 e. The van der Waals surface area contributed by atoms with Crippen molar-refractivity contribution in [1.29, 1.82) is 0 Å². The van der Waals surface area contributed by atoms with Crippen molar-refractivity contribution >= 4 is 17.2 Å². The summed E-state index contributed by atoms with van der Waals surface area (Å²) in [6, 6.07) is 19.4. The van der Waals surface area contributed by atoms with E-state index in [9.17, 15) is 28.5 Å². The molecule has 0 spiro atoms. The van der Waals surface area contributed by atoms with Gasteiger partial charge in [-0.2, -0.15) is 0 Å². The zero-order valence-electron chi connectivity index (χ0n) is 20.1. The first-order chi connectivity index (χ1) is 18.2. The lowest BCUT2D eigenvalue weighted by molar-refractivity contribution is -0.383. The Hall–Kier alpha value is -4.86. The molecule has 0 aliphatic rings. The largest absolute Gasteiger partial charge is 0.493 e. The number of pyridine rings is 1. The number of anilines is 1. The number of benzene rings is 3. The van der Waals surface area contributed by atoms with Gasteiger partial charge in [-0.1, -0.05) is 36.4 Å². The van der Waals surface area contributed by atoms with Gasteiger partial charge in [0.05, 0.1) is 23.6 Å². The third-order valence-electron chi connectivity index (χ3n) is 6.01. The highest BCUT2D eigenvalue weighted by molar-refractivity contribution is 5.96. The Morgan fingerprint density at radius 3 is 2.45 bits per heavy atom. The van der Waals surface area contributed by atoms with Crippen LogP contribution in [0.1, 0.15) is 33.8 Å². The van der Waals surface area contributed by atoms with Crippen molar-refractivity contribution in [3.05, 3.63) is 134 Å². The molecule has 3 aromatic carbocycles. The van der Waals surface area contributed by atoms with Gasteiger partial charge < -0.3 is 15.0 Å². The molecule has 0 amide bonds. The van der Waals surface area contributed by atoms with Crippen molar-refractivity contribution in [3.8, 4) is 5.75 Å². The number of nitro groups is 1. The van der Waals surface area contributed by atoms with E-state index in [2.05, 4.69) is 0 Å². The summed E-state index contributed by atoms with van der Waals surface area (Å²) in [5.41, 5.74) is 6.02. The highest BCUT2D eigenvalue weighted by Gasteiger charge is 2.21. The van der Waals surface area contributed by atoms with E-state index in [1.807, 2.05) is 30.3 Å². The number of hydrogen-bond donors (Lipinski definition) is 1. The Bertz CT molecular complexity index is 1540. The number of nitrogens with two attached hydrogens (primary N) is 1. The number of halogens is 2. The molecule has 4 rings (SSSR count). The second-order valence-corrected chi connectivity index (χ2v) is 8.63. The SMILES string of the molecule is Nc1cc(OC[C@H](CC(=O)c2cccn(Cc3ccc(F)c(F)c3)c2=O)c2ccccc2)ccc1[N+](=O)[O-]. The molecule has 1 aromatic heterocycles. The number of carbonyl (C=O) groups is 1. The van der Waals surface area contributed by atoms with E-state index in [0.717, 1.165) is 17.7 Å². The van der Waals surface area contributed by atoms with Crippen LogP contribution in [-0.2, 0) is 6.54 Å². The van der Waals surface area contributed by atoms with Crippen LogP contribution in [0.5, 0.6) is 5.75 Å². The van der Waals surface area contributed by atoms with Crippen LogP contribution in [0.15, 0.2) is 89.9 Å². The van der Waals surface area contributed by atoms with Crippen molar-refractivity contribution in [1.82, 2.24) is 4.57 Å². The smallest absolute Gasteiger partial charge is 0.292 e. The molecular formula is C28H23F2N3O5. The molecule has 0 fully saturated rings. The normalized spacial score (nSPS) is 11.6. The number of nitrogen functional groups attached to an aromatic ring is 1. The van der Waals surface area contributed by atoms with Crippen LogP contribution in [0.3, 0.4) is 0 Å². The number of nitro benzene ring substituents is 1. The maximum absolute atomic E-state index is 13.6. The maximum Gasteiger partial charge on any atom is 0.292 e. The van der Waals surface area contributed by atoms with Gasteiger partial charge in [0.1, 0.15) is 11.4 Å². The van der Waals surface area contributed by atoms with E-state index >= 15 is 0 Å². The zero-order chi connectivity index (χ0) is 27.2. The Balaban J connectivity index is 1.54. The Morgan fingerprint density at radius 2 is 1.76 bits per heavy atom. The van der Waals surface area contributed by atoms with Crippen LogP contribution >= 0.6 is 0 Å². The molecular weight excluding hydrogens is 496 g/mol. The van der Waals surface area contributed by atoms with Crippen LogP contribution in [0, 0.1) is 21.7 Å². The summed E-state index contributed by atoms with van der Waals surface area (Å²) >= 11 is 0. The molecule has 2 N–H and O–H groups in total. The van der Waals surface area contributed by atoms with Gasteiger partial charge in [0, 0.05) is 30.7 Å². The molecule has 1 atom stereocenters. The second-order valence-electron chi connectivity index (χ2n) is 8.63. The number of ether oxygens (including phenoxy) is 1. The molecule has 0 bridgehead atoms. The molecule has 38 heavy (non-hydrogen) atoms. The molecule has 0 saturated carbocycles. The van der Waals surface area contributed by atoms with Crippen LogP contribution in [0.2, 0.25) is 0 Å². The summed E-state index contributed by atoms with van der Waals surface area (Å²) in [6.45, 7) is 0.00677. The van der Waals surface area contributed by atoms with Gasteiger partial charge in [-0.15, -0.1) is 0 Å². The first kappa shape index (κ1) is 26.2. The molecule has 1 heterocycles. The summed E-state index contributed by atoms with van der Waals surface area (Å²) in [4.78, 5) is 36.7. The molecule has 0 aliphatic carbocycles. The van der Waals surface area contributed by atoms with Gasteiger partial charge in [-0.3, -0.25) is 19.7 Å². The minimum absolute atomic E-state index is 0.0378.